The van der Waals surface area contributed by atoms with Gasteiger partial charge in [0.2, 0.25) is 0 Å². The third kappa shape index (κ3) is 15.8. The second-order valence-corrected chi connectivity index (χ2v) is 6.50. The van der Waals surface area contributed by atoms with Gasteiger partial charge >= 0.3 is 10.4 Å². The lowest BCUT2D eigenvalue weighted by molar-refractivity contribution is 0.261. The van der Waals surface area contributed by atoms with Gasteiger partial charge in [-0.2, -0.15) is 8.42 Å². The predicted molar refractivity (Wildman–Crippen MR) is 78.5 cm³/mol. The summed E-state index contributed by atoms with van der Waals surface area (Å²) in [6.07, 6.45) is 11.8. The lowest BCUT2D eigenvalue weighted by Crippen LogP contribution is -2.04. The molecule has 0 aliphatic rings. The summed E-state index contributed by atoms with van der Waals surface area (Å²) in [6, 6.07) is 0. The fraction of sp³-hybridized carbons (Fsp3) is 1.00. The number of hydrogen-bond donors (Lipinski definition) is 1. The molecule has 0 radical (unpaired) electrons. The fourth-order valence-corrected chi connectivity index (χ4v) is 2.51. The van der Waals surface area contributed by atoms with Gasteiger partial charge in [0.15, 0.2) is 0 Å². The second-order valence-electron chi connectivity index (χ2n) is 5.41. The highest BCUT2D eigenvalue weighted by atomic mass is 32.3. The van der Waals surface area contributed by atoms with E-state index in [1.54, 1.807) is 0 Å². The van der Waals surface area contributed by atoms with Crippen molar-refractivity contribution in [2.24, 2.45) is 5.92 Å². The van der Waals surface area contributed by atoms with Crippen LogP contribution in [0.5, 0.6) is 0 Å². The standard InChI is InChI=1S/C14H30O4S/c1-3-4-8-11-14(2)12-9-6-5-7-10-13-18-19(15,16)17/h14H,3-13H2,1-2H3,(H,15,16,17). The molecule has 0 rings (SSSR count). The van der Waals surface area contributed by atoms with Crippen LogP contribution in [-0.2, 0) is 14.6 Å². The van der Waals surface area contributed by atoms with Gasteiger partial charge in [0.1, 0.15) is 0 Å². The first-order chi connectivity index (χ1) is 8.95. The van der Waals surface area contributed by atoms with Gasteiger partial charge in [-0.25, -0.2) is 4.18 Å². The lowest BCUT2D eigenvalue weighted by Gasteiger charge is -2.10. The highest BCUT2D eigenvalue weighted by Gasteiger charge is 2.03. The van der Waals surface area contributed by atoms with E-state index in [0.717, 1.165) is 18.8 Å². The Kier molecular flexibility index (Phi) is 11.6. The van der Waals surface area contributed by atoms with Crippen molar-refractivity contribution in [3.63, 3.8) is 0 Å². The molecule has 0 heterocycles. The van der Waals surface area contributed by atoms with Crippen molar-refractivity contribution in [1.29, 1.82) is 0 Å². The normalized spacial score (nSPS) is 13.6. The molecule has 0 aliphatic heterocycles. The minimum atomic E-state index is -4.24. The highest BCUT2D eigenvalue weighted by molar-refractivity contribution is 7.80. The first-order valence-electron chi connectivity index (χ1n) is 7.57. The molecule has 0 fully saturated rings. The summed E-state index contributed by atoms with van der Waals surface area (Å²) >= 11 is 0. The molecule has 1 unspecified atom stereocenters. The Bertz CT molecular complexity index is 288. The Morgan fingerprint density at radius 2 is 1.47 bits per heavy atom. The van der Waals surface area contributed by atoms with Crippen molar-refractivity contribution < 1.29 is 17.2 Å². The largest absolute Gasteiger partial charge is 0.397 e. The first-order valence-corrected chi connectivity index (χ1v) is 8.94. The molecular formula is C14H30O4S. The number of hydrogen-bond acceptors (Lipinski definition) is 3. The molecule has 116 valence electrons. The molecule has 0 aromatic rings. The minimum Gasteiger partial charge on any atom is -0.264 e. The van der Waals surface area contributed by atoms with Crippen molar-refractivity contribution in [2.75, 3.05) is 6.61 Å². The third-order valence-corrected chi connectivity index (χ3v) is 3.84. The quantitative estimate of drug-likeness (QED) is 0.405. The van der Waals surface area contributed by atoms with E-state index in [0.29, 0.717) is 6.42 Å². The molecular weight excluding hydrogens is 264 g/mol. The molecule has 0 aromatic heterocycles. The Morgan fingerprint density at radius 1 is 0.947 bits per heavy atom. The first kappa shape index (κ1) is 18.9. The average Bonchev–Trinajstić information content (AvgIpc) is 2.31. The molecule has 1 N–H and O–H groups in total. The van der Waals surface area contributed by atoms with Gasteiger partial charge < -0.3 is 0 Å². The van der Waals surface area contributed by atoms with Crippen LogP contribution in [0.3, 0.4) is 0 Å². The van der Waals surface area contributed by atoms with E-state index in [4.69, 9.17) is 4.55 Å². The van der Waals surface area contributed by atoms with E-state index >= 15 is 0 Å². The van der Waals surface area contributed by atoms with Crippen LogP contribution in [-0.4, -0.2) is 19.6 Å². The maximum Gasteiger partial charge on any atom is 0.397 e. The van der Waals surface area contributed by atoms with Gasteiger partial charge in [-0.05, 0) is 12.3 Å². The molecule has 0 bridgehead atoms. The second kappa shape index (κ2) is 11.7. The van der Waals surface area contributed by atoms with E-state index in [2.05, 4.69) is 18.0 Å². The zero-order chi connectivity index (χ0) is 14.6. The molecule has 0 saturated heterocycles. The van der Waals surface area contributed by atoms with Gasteiger partial charge in [-0.15, -0.1) is 0 Å². The molecule has 0 aromatic carbocycles. The lowest BCUT2D eigenvalue weighted by atomic mass is 9.96. The van der Waals surface area contributed by atoms with E-state index in [1.165, 1.54) is 44.9 Å². The van der Waals surface area contributed by atoms with Gasteiger partial charge in [0.05, 0.1) is 6.61 Å². The smallest absolute Gasteiger partial charge is 0.264 e. The van der Waals surface area contributed by atoms with Crippen molar-refractivity contribution in [3.8, 4) is 0 Å². The molecule has 0 amide bonds. The number of rotatable bonds is 13. The van der Waals surface area contributed by atoms with Crippen LogP contribution in [0.25, 0.3) is 0 Å². The van der Waals surface area contributed by atoms with Gasteiger partial charge in [0.25, 0.3) is 0 Å². The molecule has 19 heavy (non-hydrogen) atoms. The molecule has 0 spiro atoms. The highest BCUT2D eigenvalue weighted by Crippen LogP contribution is 2.17. The Morgan fingerprint density at radius 3 is 2.05 bits per heavy atom. The topological polar surface area (TPSA) is 63.6 Å². The summed E-state index contributed by atoms with van der Waals surface area (Å²) in [6.45, 7) is 4.65. The maximum atomic E-state index is 10.3. The molecule has 1 atom stereocenters. The zero-order valence-corrected chi connectivity index (χ0v) is 13.3. The number of unbranched alkanes of at least 4 members (excludes halogenated alkanes) is 6. The van der Waals surface area contributed by atoms with Crippen LogP contribution in [0, 0.1) is 5.92 Å². The predicted octanol–water partition coefficient (Wildman–Crippen LogP) is 4.36. The molecule has 5 heteroatoms. The van der Waals surface area contributed by atoms with Crippen LogP contribution in [0.1, 0.15) is 78.1 Å². The minimum absolute atomic E-state index is 0.0895. The molecule has 0 saturated carbocycles. The van der Waals surface area contributed by atoms with Crippen molar-refractivity contribution in [1.82, 2.24) is 0 Å². The van der Waals surface area contributed by atoms with Crippen molar-refractivity contribution in [3.05, 3.63) is 0 Å². The summed E-state index contributed by atoms with van der Waals surface area (Å²) in [5, 5.41) is 0. The summed E-state index contributed by atoms with van der Waals surface area (Å²) in [5.74, 6) is 0.828. The van der Waals surface area contributed by atoms with Crippen LogP contribution < -0.4 is 0 Å². The van der Waals surface area contributed by atoms with Crippen molar-refractivity contribution in [2.45, 2.75) is 78.1 Å². The van der Waals surface area contributed by atoms with Gasteiger partial charge in [0, 0.05) is 0 Å². The van der Waals surface area contributed by atoms with E-state index in [-0.39, 0.29) is 6.61 Å². The molecule has 0 aliphatic carbocycles. The van der Waals surface area contributed by atoms with E-state index < -0.39 is 10.4 Å². The van der Waals surface area contributed by atoms with Gasteiger partial charge in [-0.1, -0.05) is 71.6 Å². The van der Waals surface area contributed by atoms with E-state index in [9.17, 15) is 8.42 Å². The Labute approximate surface area is 118 Å². The van der Waals surface area contributed by atoms with Crippen LogP contribution >= 0.6 is 0 Å². The van der Waals surface area contributed by atoms with Crippen LogP contribution in [0.2, 0.25) is 0 Å². The zero-order valence-electron chi connectivity index (χ0n) is 12.4. The summed E-state index contributed by atoms with van der Waals surface area (Å²) in [5.41, 5.74) is 0. The Balaban J connectivity index is 3.22. The Hall–Kier alpha value is -0.130. The van der Waals surface area contributed by atoms with Crippen molar-refractivity contribution >= 4 is 10.4 Å². The van der Waals surface area contributed by atoms with Crippen LogP contribution in [0.4, 0.5) is 0 Å². The average molecular weight is 294 g/mol. The van der Waals surface area contributed by atoms with Gasteiger partial charge in [-0.3, -0.25) is 4.55 Å². The summed E-state index contributed by atoms with van der Waals surface area (Å²) in [7, 11) is -4.24. The maximum absolute atomic E-state index is 10.3. The molecule has 4 nitrogen and oxygen atoms in total. The monoisotopic (exact) mass is 294 g/mol. The SMILES string of the molecule is CCCCCC(C)CCCCCCCOS(=O)(=O)O. The summed E-state index contributed by atoms with van der Waals surface area (Å²) in [4.78, 5) is 0. The summed E-state index contributed by atoms with van der Waals surface area (Å²) < 4.78 is 33.2. The third-order valence-electron chi connectivity index (χ3n) is 3.37. The van der Waals surface area contributed by atoms with Crippen LogP contribution in [0.15, 0.2) is 0 Å². The fourth-order valence-electron chi connectivity index (χ4n) is 2.18. The van der Waals surface area contributed by atoms with E-state index in [1.807, 2.05) is 0 Å².